The third kappa shape index (κ3) is 2.01. The molecule has 2 aromatic heterocycles. The number of rotatable bonds is 2. The lowest BCUT2D eigenvalue weighted by Crippen LogP contribution is -2.21. The van der Waals surface area contributed by atoms with Gasteiger partial charge in [-0.1, -0.05) is 12.2 Å². The highest BCUT2D eigenvalue weighted by Crippen LogP contribution is 2.26. The first-order valence-electron chi connectivity index (χ1n) is 6.42. The molecule has 1 aliphatic carbocycles. The van der Waals surface area contributed by atoms with E-state index in [0.717, 1.165) is 35.1 Å². The van der Waals surface area contributed by atoms with Crippen molar-refractivity contribution in [1.82, 2.24) is 15.0 Å². The topological polar surface area (TPSA) is 70.7 Å². The maximum atomic E-state index is 12.2. The lowest BCUT2D eigenvalue weighted by atomic mass is 10.1. The van der Waals surface area contributed by atoms with E-state index in [9.17, 15) is 4.79 Å². The second kappa shape index (κ2) is 4.50. The van der Waals surface area contributed by atoms with E-state index in [1.807, 2.05) is 26.0 Å². The Balaban J connectivity index is 1.94. The zero-order valence-electron chi connectivity index (χ0n) is 11.0. The van der Waals surface area contributed by atoms with Crippen LogP contribution in [0.5, 0.6) is 0 Å². The number of hydrogen-bond donors (Lipinski definition) is 2. The Hall–Kier alpha value is -2.17. The van der Waals surface area contributed by atoms with Crippen molar-refractivity contribution in [2.24, 2.45) is 5.92 Å². The van der Waals surface area contributed by atoms with Crippen molar-refractivity contribution in [1.29, 1.82) is 0 Å². The summed E-state index contributed by atoms with van der Waals surface area (Å²) in [5.74, 6) is 0.664. The van der Waals surface area contributed by atoms with E-state index < -0.39 is 0 Å². The van der Waals surface area contributed by atoms with E-state index in [4.69, 9.17) is 0 Å². The van der Waals surface area contributed by atoms with Gasteiger partial charge in [0, 0.05) is 11.6 Å². The second-order valence-electron chi connectivity index (χ2n) is 4.95. The molecular weight excluding hydrogens is 240 g/mol. The molecule has 3 rings (SSSR count). The summed E-state index contributed by atoms with van der Waals surface area (Å²) in [6, 6.07) is 0. The first kappa shape index (κ1) is 11.9. The van der Waals surface area contributed by atoms with Crippen LogP contribution in [0.25, 0.3) is 11.0 Å². The number of anilines is 1. The molecule has 0 radical (unpaired) electrons. The number of aryl methyl sites for hydroxylation is 2. The van der Waals surface area contributed by atoms with Crippen molar-refractivity contribution in [3.63, 3.8) is 0 Å². The van der Waals surface area contributed by atoms with E-state index in [0.29, 0.717) is 5.82 Å². The van der Waals surface area contributed by atoms with Crippen LogP contribution in [-0.2, 0) is 4.79 Å². The predicted octanol–water partition coefficient (Wildman–Crippen LogP) is 2.48. The predicted molar refractivity (Wildman–Crippen MR) is 73.9 cm³/mol. The van der Waals surface area contributed by atoms with Gasteiger partial charge in [0.05, 0.1) is 5.39 Å². The van der Waals surface area contributed by atoms with Crippen LogP contribution in [0.3, 0.4) is 0 Å². The molecule has 1 amide bonds. The number of allylic oxidation sites excluding steroid dienone is 2. The molecule has 2 heterocycles. The molecule has 0 aliphatic heterocycles. The Bertz CT molecular complexity index is 663. The van der Waals surface area contributed by atoms with Gasteiger partial charge >= 0.3 is 0 Å². The van der Waals surface area contributed by atoms with E-state index in [1.165, 1.54) is 6.33 Å². The number of nitrogens with one attached hydrogen (secondary N) is 2. The van der Waals surface area contributed by atoms with Crippen molar-refractivity contribution in [2.45, 2.75) is 26.7 Å². The monoisotopic (exact) mass is 256 g/mol. The smallest absolute Gasteiger partial charge is 0.229 e. The molecule has 98 valence electrons. The molecule has 5 nitrogen and oxygen atoms in total. The third-order valence-electron chi connectivity index (χ3n) is 3.71. The van der Waals surface area contributed by atoms with E-state index in [-0.39, 0.29) is 11.8 Å². The van der Waals surface area contributed by atoms with Crippen molar-refractivity contribution < 1.29 is 4.79 Å². The highest BCUT2D eigenvalue weighted by atomic mass is 16.1. The molecule has 0 bridgehead atoms. The van der Waals surface area contributed by atoms with Gasteiger partial charge in [-0.2, -0.15) is 0 Å². The number of hydrogen-bond acceptors (Lipinski definition) is 3. The molecule has 0 fully saturated rings. The molecule has 0 saturated carbocycles. The number of aromatic nitrogens is 3. The fraction of sp³-hybridized carbons (Fsp3) is 0.357. The van der Waals surface area contributed by atoms with E-state index >= 15 is 0 Å². The number of H-pyrrole nitrogens is 1. The van der Waals surface area contributed by atoms with Gasteiger partial charge in [-0.25, -0.2) is 9.97 Å². The van der Waals surface area contributed by atoms with Crippen LogP contribution in [0.15, 0.2) is 18.5 Å². The summed E-state index contributed by atoms with van der Waals surface area (Å²) < 4.78 is 0. The molecule has 5 heteroatoms. The van der Waals surface area contributed by atoms with Crippen molar-refractivity contribution in [3.05, 3.63) is 29.7 Å². The Morgan fingerprint density at radius 3 is 2.79 bits per heavy atom. The fourth-order valence-electron chi connectivity index (χ4n) is 2.44. The average Bonchev–Trinajstić information content (AvgIpc) is 3.00. The highest BCUT2D eigenvalue weighted by Gasteiger charge is 2.21. The zero-order chi connectivity index (χ0) is 13.4. The van der Waals surface area contributed by atoms with Crippen LogP contribution >= 0.6 is 0 Å². The summed E-state index contributed by atoms with van der Waals surface area (Å²) in [5, 5.41) is 3.83. The second-order valence-corrected chi connectivity index (χ2v) is 4.95. The molecule has 2 N–H and O–H groups in total. The van der Waals surface area contributed by atoms with Crippen LogP contribution in [0.1, 0.15) is 24.1 Å². The molecule has 1 aliphatic rings. The molecule has 0 unspecified atom stereocenters. The Morgan fingerprint density at radius 2 is 2.05 bits per heavy atom. The van der Waals surface area contributed by atoms with Crippen molar-refractivity contribution in [3.8, 4) is 0 Å². The molecule has 19 heavy (non-hydrogen) atoms. The number of aromatic amines is 1. The lowest BCUT2D eigenvalue weighted by Gasteiger charge is -2.10. The highest BCUT2D eigenvalue weighted by molar-refractivity contribution is 6.01. The van der Waals surface area contributed by atoms with Crippen LogP contribution in [0.4, 0.5) is 5.82 Å². The first-order chi connectivity index (χ1) is 9.16. The van der Waals surface area contributed by atoms with Crippen LogP contribution < -0.4 is 5.32 Å². The first-order valence-corrected chi connectivity index (χ1v) is 6.42. The van der Waals surface area contributed by atoms with Crippen molar-refractivity contribution >= 4 is 22.8 Å². The Morgan fingerprint density at radius 1 is 1.32 bits per heavy atom. The van der Waals surface area contributed by atoms with Crippen molar-refractivity contribution in [2.75, 3.05) is 5.32 Å². The van der Waals surface area contributed by atoms with Gasteiger partial charge in [0.25, 0.3) is 0 Å². The molecule has 0 aromatic carbocycles. The molecular formula is C14H16N4O. The number of carbonyl (C=O) groups is 1. The quantitative estimate of drug-likeness (QED) is 0.811. The third-order valence-corrected chi connectivity index (χ3v) is 3.71. The van der Waals surface area contributed by atoms with Crippen LogP contribution in [0, 0.1) is 19.8 Å². The van der Waals surface area contributed by atoms with Crippen LogP contribution in [0.2, 0.25) is 0 Å². The number of amides is 1. The lowest BCUT2D eigenvalue weighted by molar-refractivity contribution is -0.119. The van der Waals surface area contributed by atoms with Gasteiger partial charge in [-0.05, 0) is 32.3 Å². The van der Waals surface area contributed by atoms with Gasteiger partial charge in [-0.3, -0.25) is 4.79 Å². The Labute approximate surface area is 111 Å². The average molecular weight is 256 g/mol. The SMILES string of the molecule is Cc1[nH]c2ncnc(NC(=O)C3CC=CC3)c2c1C. The summed E-state index contributed by atoms with van der Waals surface area (Å²) in [6.45, 7) is 3.99. The zero-order valence-corrected chi connectivity index (χ0v) is 11.0. The minimum absolute atomic E-state index is 0.0308. The van der Waals surface area contributed by atoms with E-state index in [1.54, 1.807) is 0 Å². The number of fused-ring (bicyclic) bond motifs is 1. The molecule has 2 aromatic rings. The number of carbonyl (C=O) groups excluding carboxylic acids is 1. The van der Waals surface area contributed by atoms with Gasteiger partial charge in [-0.15, -0.1) is 0 Å². The summed E-state index contributed by atoms with van der Waals surface area (Å²) >= 11 is 0. The summed E-state index contributed by atoms with van der Waals surface area (Å²) in [4.78, 5) is 23.8. The number of nitrogens with zero attached hydrogens (tertiary/aromatic N) is 2. The maximum absolute atomic E-state index is 12.2. The summed E-state index contributed by atoms with van der Waals surface area (Å²) in [6.07, 6.45) is 7.19. The normalized spacial score (nSPS) is 15.3. The summed E-state index contributed by atoms with van der Waals surface area (Å²) in [5.41, 5.74) is 2.90. The standard InChI is InChI=1S/C14H16N4O/c1-8-9(2)17-12-11(8)13(16-7-15-12)18-14(19)10-5-3-4-6-10/h3-4,7,10H,5-6H2,1-2H3,(H2,15,16,17,18,19). The van der Waals surface area contributed by atoms with Gasteiger partial charge < -0.3 is 10.3 Å². The van der Waals surface area contributed by atoms with E-state index in [2.05, 4.69) is 20.3 Å². The van der Waals surface area contributed by atoms with Gasteiger partial charge in [0.2, 0.25) is 5.91 Å². The van der Waals surface area contributed by atoms with Gasteiger partial charge in [0.15, 0.2) is 0 Å². The molecule has 0 saturated heterocycles. The largest absolute Gasteiger partial charge is 0.343 e. The summed E-state index contributed by atoms with van der Waals surface area (Å²) in [7, 11) is 0. The molecule has 0 atom stereocenters. The van der Waals surface area contributed by atoms with Crippen LogP contribution in [-0.4, -0.2) is 20.9 Å². The van der Waals surface area contributed by atoms with Gasteiger partial charge in [0.1, 0.15) is 17.8 Å². The maximum Gasteiger partial charge on any atom is 0.229 e. The molecule has 0 spiro atoms. The minimum Gasteiger partial charge on any atom is -0.343 e. The Kier molecular flexibility index (Phi) is 2.81. The minimum atomic E-state index is 0.0308. The fourth-order valence-corrected chi connectivity index (χ4v) is 2.44.